The molecule has 0 fully saturated rings. The Bertz CT molecular complexity index is 1190. The van der Waals surface area contributed by atoms with E-state index in [2.05, 4.69) is 92.1 Å². The first-order valence-corrected chi connectivity index (χ1v) is 25.2. The van der Waals surface area contributed by atoms with Crippen molar-refractivity contribution in [1.29, 1.82) is 0 Å². The molecule has 0 saturated carbocycles. The minimum atomic E-state index is -4.36. The standard InChI is InChI=1S/C50H89N2O6P/c1-3-5-7-9-11-13-15-17-19-21-22-23-24-25-26-28-30-32-34-36-38-40-42-44-50(54)52-48(47-58-59(55,56)57-46-45-51)49(53)43-41-39-37-35-33-31-29-27-20-18-16-14-12-10-8-6-4-2/h5,7,11,13,17,19,22-23,25-26,33,35,41,43,48-49,53H,3-4,6,8-10,12,14-16,18,20-21,24,27-32,34,36-40,42,44-47,51H2,1-2H3,(H,52,54)(H,55,56)/b7-5-,13-11-,19-17-,23-22-,26-25-,35-33+,43-41+. The SMILES string of the molecule is CC/C=C\C/C=C\C/C=C\C/C=C\C/C=C\CCCCCCCCCC(=O)NC(COP(=O)(O)OCCN)C(O)/C=C/CC/C=C/CCCCCCCCCCCCC. The summed E-state index contributed by atoms with van der Waals surface area (Å²) in [4.78, 5) is 22.8. The Morgan fingerprint density at radius 3 is 1.51 bits per heavy atom. The van der Waals surface area contributed by atoms with Gasteiger partial charge in [0, 0.05) is 13.0 Å². The molecule has 3 unspecified atom stereocenters. The van der Waals surface area contributed by atoms with Crippen molar-refractivity contribution in [3.63, 3.8) is 0 Å². The molecule has 5 N–H and O–H groups in total. The highest BCUT2D eigenvalue weighted by molar-refractivity contribution is 7.47. The van der Waals surface area contributed by atoms with Gasteiger partial charge in [-0.1, -0.05) is 195 Å². The van der Waals surface area contributed by atoms with Crippen LogP contribution in [-0.4, -0.2) is 47.8 Å². The van der Waals surface area contributed by atoms with Gasteiger partial charge in [0.25, 0.3) is 0 Å². The lowest BCUT2D eigenvalue weighted by molar-refractivity contribution is -0.123. The van der Waals surface area contributed by atoms with Gasteiger partial charge in [-0.25, -0.2) is 4.57 Å². The number of unbranched alkanes of at least 4 members (excludes halogenated alkanes) is 19. The van der Waals surface area contributed by atoms with Crippen LogP contribution in [0.1, 0.15) is 194 Å². The molecule has 0 radical (unpaired) electrons. The quantitative estimate of drug-likeness (QED) is 0.0273. The van der Waals surface area contributed by atoms with E-state index in [9.17, 15) is 19.4 Å². The molecule has 0 heterocycles. The van der Waals surface area contributed by atoms with Crippen molar-refractivity contribution >= 4 is 13.7 Å². The van der Waals surface area contributed by atoms with E-state index in [1.165, 1.54) is 89.9 Å². The van der Waals surface area contributed by atoms with E-state index >= 15 is 0 Å². The number of aliphatic hydroxyl groups is 1. The van der Waals surface area contributed by atoms with Crippen LogP contribution in [0, 0.1) is 0 Å². The molecule has 1 amide bonds. The number of allylic oxidation sites excluding steroid dienone is 13. The van der Waals surface area contributed by atoms with Crippen LogP contribution in [0.15, 0.2) is 85.1 Å². The molecule has 0 rings (SSSR count). The predicted octanol–water partition coefficient (Wildman–Crippen LogP) is 13.8. The molecule has 8 nitrogen and oxygen atoms in total. The Labute approximate surface area is 362 Å². The van der Waals surface area contributed by atoms with Crippen molar-refractivity contribution in [3.05, 3.63) is 85.1 Å². The van der Waals surface area contributed by atoms with Crippen LogP contribution in [0.2, 0.25) is 0 Å². The molecule has 0 saturated heterocycles. The lowest BCUT2D eigenvalue weighted by Crippen LogP contribution is -2.45. The van der Waals surface area contributed by atoms with Crippen molar-refractivity contribution in [1.82, 2.24) is 5.32 Å². The zero-order valence-electron chi connectivity index (χ0n) is 37.7. The highest BCUT2D eigenvalue weighted by Crippen LogP contribution is 2.43. The molecule has 340 valence electrons. The predicted molar refractivity (Wildman–Crippen MR) is 253 cm³/mol. The molecule has 0 aliphatic rings. The third-order valence-electron chi connectivity index (χ3n) is 9.95. The Balaban J connectivity index is 4.24. The Morgan fingerprint density at radius 1 is 0.576 bits per heavy atom. The summed E-state index contributed by atoms with van der Waals surface area (Å²) < 4.78 is 22.2. The highest BCUT2D eigenvalue weighted by Gasteiger charge is 2.26. The molecule has 0 aromatic rings. The van der Waals surface area contributed by atoms with E-state index in [1.807, 2.05) is 6.08 Å². The van der Waals surface area contributed by atoms with E-state index in [0.29, 0.717) is 6.42 Å². The second-order valence-corrected chi connectivity index (χ2v) is 17.0. The minimum absolute atomic E-state index is 0.0678. The van der Waals surface area contributed by atoms with E-state index in [4.69, 9.17) is 14.8 Å². The zero-order valence-corrected chi connectivity index (χ0v) is 38.6. The molecule has 59 heavy (non-hydrogen) atoms. The van der Waals surface area contributed by atoms with Crippen LogP contribution in [0.4, 0.5) is 0 Å². The van der Waals surface area contributed by atoms with Gasteiger partial charge >= 0.3 is 7.82 Å². The maximum Gasteiger partial charge on any atom is 0.472 e. The fraction of sp³-hybridized carbons (Fsp3) is 0.700. The number of aliphatic hydroxyl groups excluding tert-OH is 1. The third kappa shape index (κ3) is 43.6. The summed E-state index contributed by atoms with van der Waals surface area (Å²) in [6.07, 6.45) is 60.6. The van der Waals surface area contributed by atoms with Crippen LogP contribution in [0.5, 0.6) is 0 Å². The van der Waals surface area contributed by atoms with Gasteiger partial charge in [-0.2, -0.15) is 0 Å². The van der Waals surface area contributed by atoms with Crippen molar-refractivity contribution in [2.75, 3.05) is 19.8 Å². The number of rotatable bonds is 43. The van der Waals surface area contributed by atoms with Gasteiger partial charge in [-0.15, -0.1) is 0 Å². The number of carbonyl (C=O) groups is 1. The van der Waals surface area contributed by atoms with Crippen molar-refractivity contribution in [2.45, 2.75) is 206 Å². The van der Waals surface area contributed by atoms with Crippen LogP contribution in [0.25, 0.3) is 0 Å². The summed E-state index contributed by atoms with van der Waals surface area (Å²) >= 11 is 0. The summed E-state index contributed by atoms with van der Waals surface area (Å²) in [6.45, 7) is 3.98. The molecule has 0 aromatic carbocycles. The molecule has 0 aliphatic carbocycles. The number of hydrogen-bond donors (Lipinski definition) is 4. The molecule has 3 atom stereocenters. The molecule has 0 aromatic heterocycles. The average Bonchev–Trinajstić information content (AvgIpc) is 3.22. The van der Waals surface area contributed by atoms with Crippen LogP contribution < -0.4 is 11.1 Å². The summed E-state index contributed by atoms with van der Waals surface area (Å²) in [6, 6.07) is -0.889. The van der Waals surface area contributed by atoms with E-state index in [1.54, 1.807) is 6.08 Å². The van der Waals surface area contributed by atoms with Crippen LogP contribution >= 0.6 is 7.82 Å². The normalized spacial score (nSPS) is 14.7. The topological polar surface area (TPSA) is 131 Å². The second kappa shape index (κ2) is 45.2. The van der Waals surface area contributed by atoms with Crippen molar-refractivity contribution in [2.24, 2.45) is 5.73 Å². The third-order valence-corrected chi connectivity index (χ3v) is 10.9. The van der Waals surface area contributed by atoms with E-state index < -0.39 is 20.0 Å². The first-order chi connectivity index (χ1) is 28.9. The molecule has 9 heteroatoms. The first kappa shape index (κ1) is 56.7. The fourth-order valence-corrected chi connectivity index (χ4v) is 7.17. The largest absolute Gasteiger partial charge is 0.472 e. The molecule has 0 bridgehead atoms. The van der Waals surface area contributed by atoms with E-state index in [-0.39, 0.29) is 25.7 Å². The summed E-state index contributed by atoms with van der Waals surface area (Å²) in [5, 5.41) is 13.7. The maximum atomic E-state index is 12.8. The second-order valence-electron chi connectivity index (χ2n) is 15.6. The monoisotopic (exact) mass is 845 g/mol. The lowest BCUT2D eigenvalue weighted by Gasteiger charge is -2.23. The fourth-order valence-electron chi connectivity index (χ4n) is 6.41. The highest BCUT2D eigenvalue weighted by atomic mass is 31.2. The molecular formula is C50H89N2O6P. The number of hydrogen-bond acceptors (Lipinski definition) is 6. The van der Waals surface area contributed by atoms with E-state index in [0.717, 1.165) is 83.5 Å². The Kier molecular flexibility index (Phi) is 43.4. The zero-order chi connectivity index (χ0) is 43.2. The van der Waals surface area contributed by atoms with Gasteiger partial charge in [0.2, 0.25) is 5.91 Å². The summed E-state index contributed by atoms with van der Waals surface area (Å²) in [5.41, 5.74) is 5.38. The van der Waals surface area contributed by atoms with Gasteiger partial charge < -0.3 is 21.1 Å². The summed E-state index contributed by atoms with van der Waals surface area (Å²) in [5.74, 6) is -0.218. The van der Waals surface area contributed by atoms with Crippen LogP contribution in [-0.2, 0) is 18.4 Å². The van der Waals surface area contributed by atoms with Crippen LogP contribution in [0.3, 0.4) is 0 Å². The summed E-state index contributed by atoms with van der Waals surface area (Å²) in [7, 11) is -4.36. The number of phosphoric acid groups is 1. The number of nitrogens with two attached hydrogens (primary N) is 1. The number of phosphoric ester groups is 1. The van der Waals surface area contributed by atoms with Crippen molar-refractivity contribution < 1.29 is 28.4 Å². The average molecular weight is 845 g/mol. The Hall–Kier alpha value is -2.32. The maximum absolute atomic E-state index is 12.8. The Morgan fingerprint density at radius 2 is 1.00 bits per heavy atom. The van der Waals surface area contributed by atoms with Gasteiger partial charge in [0.15, 0.2) is 0 Å². The van der Waals surface area contributed by atoms with Gasteiger partial charge in [-0.05, 0) is 77.0 Å². The lowest BCUT2D eigenvalue weighted by atomic mass is 10.1. The smallest absolute Gasteiger partial charge is 0.387 e. The molecule has 0 spiro atoms. The number of carbonyl (C=O) groups excluding carboxylic acids is 1. The van der Waals surface area contributed by atoms with Gasteiger partial charge in [0.1, 0.15) is 0 Å². The number of amides is 1. The molecular weight excluding hydrogens is 756 g/mol. The van der Waals surface area contributed by atoms with Gasteiger partial charge in [0.05, 0.1) is 25.4 Å². The van der Waals surface area contributed by atoms with Gasteiger partial charge in [-0.3, -0.25) is 13.8 Å². The first-order valence-electron chi connectivity index (χ1n) is 23.7. The number of nitrogens with one attached hydrogen (secondary N) is 1. The minimum Gasteiger partial charge on any atom is -0.387 e. The molecule has 0 aliphatic heterocycles. The van der Waals surface area contributed by atoms with Crippen molar-refractivity contribution in [3.8, 4) is 0 Å².